The SMILES string of the molecule is CCc1c(F)ccc2cc(O)cc(-c3ncc4c(-c5cnn(C(=O)CO)c5)nc(OC[C@@]56CCCN5C[C@H](F)C6)nc4c3F)c12. The highest BCUT2D eigenvalue weighted by molar-refractivity contribution is 6.02. The molecular weight excluding hydrogens is 589 g/mol. The maximum absolute atomic E-state index is 16.7. The zero-order chi connectivity index (χ0) is 31.5. The lowest BCUT2D eigenvalue weighted by Crippen LogP contribution is -2.43. The maximum Gasteiger partial charge on any atom is 0.317 e. The van der Waals surface area contributed by atoms with Gasteiger partial charge in [0.05, 0.1) is 17.4 Å². The highest BCUT2D eigenvalue weighted by atomic mass is 19.1. The van der Waals surface area contributed by atoms with Crippen LogP contribution in [-0.2, 0) is 6.42 Å². The summed E-state index contributed by atoms with van der Waals surface area (Å²) in [6.45, 7) is 2.19. The first-order chi connectivity index (χ1) is 21.7. The van der Waals surface area contributed by atoms with Gasteiger partial charge in [0.15, 0.2) is 5.82 Å². The second kappa shape index (κ2) is 11.1. The summed E-state index contributed by atoms with van der Waals surface area (Å²) in [6, 6.07) is 5.47. The van der Waals surface area contributed by atoms with Crippen LogP contribution in [0.5, 0.6) is 11.8 Å². The van der Waals surface area contributed by atoms with Gasteiger partial charge in [0, 0.05) is 41.9 Å². The third-order valence-corrected chi connectivity index (χ3v) is 8.90. The van der Waals surface area contributed by atoms with E-state index < -0.39 is 35.9 Å². The van der Waals surface area contributed by atoms with E-state index in [0.29, 0.717) is 41.3 Å². The maximum atomic E-state index is 16.7. The molecule has 2 saturated heterocycles. The van der Waals surface area contributed by atoms with Crippen molar-refractivity contribution >= 4 is 27.6 Å². The summed E-state index contributed by atoms with van der Waals surface area (Å²) in [5.41, 5.74) is 0.169. The van der Waals surface area contributed by atoms with Crippen LogP contribution < -0.4 is 4.74 Å². The summed E-state index contributed by atoms with van der Waals surface area (Å²) in [4.78, 5) is 27.5. The molecular formula is C32H29F3N6O4. The van der Waals surface area contributed by atoms with Crippen molar-refractivity contribution in [1.82, 2.24) is 29.6 Å². The van der Waals surface area contributed by atoms with Gasteiger partial charge in [-0.2, -0.15) is 15.1 Å². The second-order valence-electron chi connectivity index (χ2n) is 11.6. The van der Waals surface area contributed by atoms with E-state index >= 15 is 4.39 Å². The number of ether oxygens (including phenoxy) is 1. The molecule has 3 aromatic heterocycles. The minimum absolute atomic E-state index is 0.0938. The fourth-order valence-electron chi connectivity index (χ4n) is 6.84. The molecule has 13 heteroatoms. The van der Waals surface area contributed by atoms with Gasteiger partial charge in [-0.15, -0.1) is 0 Å². The van der Waals surface area contributed by atoms with E-state index in [1.807, 2.05) is 0 Å². The van der Waals surface area contributed by atoms with Crippen molar-refractivity contribution in [3.8, 4) is 34.3 Å². The lowest BCUT2D eigenvalue weighted by Gasteiger charge is -2.30. The van der Waals surface area contributed by atoms with Crippen LogP contribution in [0, 0.1) is 11.6 Å². The number of rotatable bonds is 7. The molecule has 232 valence electrons. The topological polar surface area (TPSA) is 126 Å². The van der Waals surface area contributed by atoms with E-state index in [-0.39, 0.29) is 46.2 Å². The summed E-state index contributed by atoms with van der Waals surface area (Å²) in [7, 11) is 0. The number of aryl methyl sites for hydroxylation is 1. The molecule has 2 aliphatic rings. The number of carbonyl (C=O) groups is 1. The summed E-state index contributed by atoms with van der Waals surface area (Å²) < 4.78 is 53.0. The van der Waals surface area contributed by atoms with Crippen LogP contribution in [0.25, 0.3) is 44.2 Å². The van der Waals surface area contributed by atoms with E-state index in [0.717, 1.165) is 24.1 Å². The highest BCUT2D eigenvalue weighted by Gasteiger charge is 2.49. The lowest BCUT2D eigenvalue weighted by molar-refractivity contribution is 0.0802. The minimum Gasteiger partial charge on any atom is -0.508 e. The van der Waals surface area contributed by atoms with E-state index in [1.54, 1.807) is 6.92 Å². The van der Waals surface area contributed by atoms with Gasteiger partial charge in [-0.25, -0.2) is 17.9 Å². The predicted molar refractivity (Wildman–Crippen MR) is 159 cm³/mol. The molecule has 0 aliphatic carbocycles. The molecule has 2 aliphatic heterocycles. The number of nitrogens with zero attached hydrogens (tertiary/aromatic N) is 6. The number of aliphatic hydroxyl groups is 1. The van der Waals surface area contributed by atoms with Crippen molar-refractivity contribution in [2.75, 3.05) is 26.3 Å². The quantitative estimate of drug-likeness (QED) is 0.263. The van der Waals surface area contributed by atoms with E-state index in [4.69, 9.17) is 4.74 Å². The molecule has 2 N–H and O–H groups in total. The van der Waals surface area contributed by atoms with Crippen molar-refractivity contribution in [3.63, 3.8) is 0 Å². The number of aromatic hydroxyl groups is 1. The normalized spacial score (nSPS) is 19.9. The van der Waals surface area contributed by atoms with Gasteiger partial charge in [-0.3, -0.25) is 14.7 Å². The van der Waals surface area contributed by atoms with Gasteiger partial charge in [0.25, 0.3) is 5.91 Å². The van der Waals surface area contributed by atoms with Gasteiger partial charge in [-0.1, -0.05) is 13.0 Å². The summed E-state index contributed by atoms with van der Waals surface area (Å²) >= 11 is 0. The number of alkyl halides is 1. The number of aliphatic hydroxyl groups excluding tert-OH is 1. The number of aromatic nitrogens is 5. The summed E-state index contributed by atoms with van der Waals surface area (Å²) in [6.07, 6.45) is 5.34. The number of hydrogen-bond donors (Lipinski definition) is 2. The third-order valence-electron chi connectivity index (χ3n) is 8.90. The van der Waals surface area contributed by atoms with Crippen LogP contribution in [-0.4, -0.2) is 83.8 Å². The monoisotopic (exact) mass is 618 g/mol. The highest BCUT2D eigenvalue weighted by Crippen LogP contribution is 2.42. The number of halogens is 3. The fraction of sp³-hybridized carbons (Fsp3) is 0.344. The Morgan fingerprint density at radius 2 is 2.02 bits per heavy atom. The Labute approximate surface area is 255 Å². The Bertz CT molecular complexity index is 1980. The molecule has 0 amide bonds. The Morgan fingerprint density at radius 1 is 1.18 bits per heavy atom. The number of carbonyl (C=O) groups excluding carboxylic acids is 1. The average molecular weight is 619 g/mol. The molecule has 0 bridgehead atoms. The van der Waals surface area contributed by atoms with Gasteiger partial charge < -0.3 is 14.9 Å². The fourth-order valence-corrected chi connectivity index (χ4v) is 6.84. The first-order valence-electron chi connectivity index (χ1n) is 14.7. The van der Waals surface area contributed by atoms with Gasteiger partial charge in [0.2, 0.25) is 0 Å². The molecule has 5 heterocycles. The smallest absolute Gasteiger partial charge is 0.317 e. The molecule has 0 spiro atoms. The molecule has 2 fully saturated rings. The van der Waals surface area contributed by atoms with Gasteiger partial charge in [0.1, 0.15) is 42.2 Å². The first kappa shape index (κ1) is 29.1. The second-order valence-corrected chi connectivity index (χ2v) is 11.6. The molecule has 45 heavy (non-hydrogen) atoms. The van der Waals surface area contributed by atoms with Crippen molar-refractivity contribution in [1.29, 1.82) is 0 Å². The van der Waals surface area contributed by atoms with Gasteiger partial charge in [-0.05, 0) is 60.3 Å². The zero-order valence-corrected chi connectivity index (χ0v) is 24.3. The van der Waals surface area contributed by atoms with Crippen LogP contribution in [0.4, 0.5) is 13.2 Å². The summed E-state index contributed by atoms with van der Waals surface area (Å²) in [5.74, 6) is -2.15. The molecule has 0 radical (unpaired) electrons. The Kier molecular flexibility index (Phi) is 7.16. The van der Waals surface area contributed by atoms with Crippen molar-refractivity contribution < 1.29 is 32.9 Å². The van der Waals surface area contributed by atoms with Crippen LogP contribution in [0.1, 0.15) is 36.5 Å². The zero-order valence-electron chi connectivity index (χ0n) is 24.3. The summed E-state index contributed by atoms with van der Waals surface area (Å²) in [5, 5.41) is 24.9. The largest absolute Gasteiger partial charge is 0.508 e. The minimum atomic E-state index is -0.974. The Morgan fingerprint density at radius 3 is 2.82 bits per heavy atom. The van der Waals surface area contributed by atoms with Crippen molar-refractivity contribution in [3.05, 3.63) is 60.1 Å². The van der Waals surface area contributed by atoms with Crippen LogP contribution in [0.2, 0.25) is 0 Å². The van der Waals surface area contributed by atoms with Crippen molar-refractivity contribution in [2.45, 2.75) is 44.3 Å². The number of phenolic OH excluding ortho intramolecular Hbond substituents is 1. The van der Waals surface area contributed by atoms with Crippen LogP contribution >= 0.6 is 0 Å². The van der Waals surface area contributed by atoms with Crippen LogP contribution in [0.15, 0.2) is 42.9 Å². The Hall–Kier alpha value is -4.62. The van der Waals surface area contributed by atoms with Crippen molar-refractivity contribution in [2.24, 2.45) is 0 Å². The Balaban J connectivity index is 1.40. The number of fused-ring (bicyclic) bond motifs is 3. The average Bonchev–Trinajstić information content (AvgIpc) is 3.74. The predicted octanol–water partition coefficient (Wildman–Crippen LogP) is 4.84. The standard InChI is InChI=1S/C32H29F3N6O4/c1-2-21-24(34)5-4-17-8-20(43)9-22(26(17)21)29-27(35)30-23(12-36-29)28(18-11-37-41(13-18)25(44)15-42)38-31(39-30)45-16-32-6-3-7-40(32)14-19(33)10-32/h4-5,8-9,11-13,19,42-43H,2-3,6-7,10,14-16H2,1H3/t19-,32+/m1/s1. The molecule has 2 atom stereocenters. The first-order valence-corrected chi connectivity index (χ1v) is 14.7. The number of phenols is 1. The molecule has 0 saturated carbocycles. The molecule has 2 aromatic carbocycles. The number of pyridine rings is 1. The van der Waals surface area contributed by atoms with Crippen LogP contribution in [0.3, 0.4) is 0 Å². The van der Waals surface area contributed by atoms with E-state index in [9.17, 15) is 23.8 Å². The van der Waals surface area contributed by atoms with Gasteiger partial charge >= 0.3 is 6.01 Å². The number of benzene rings is 2. The third kappa shape index (κ3) is 4.86. The molecule has 7 rings (SSSR count). The van der Waals surface area contributed by atoms with E-state index in [1.165, 1.54) is 42.9 Å². The van der Waals surface area contributed by atoms with E-state index in [2.05, 4.69) is 25.0 Å². The lowest BCUT2D eigenvalue weighted by atomic mass is 9.94. The molecule has 5 aromatic rings. The molecule has 10 nitrogen and oxygen atoms in total. The number of hydrogen-bond acceptors (Lipinski definition) is 9. The molecule has 0 unspecified atom stereocenters.